The van der Waals surface area contributed by atoms with Gasteiger partial charge in [0.05, 0.1) is 23.9 Å². The van der Waals surface area contributed by atoms with Crippen molar-refractivity contribution in [2.24, 2.45) is 0 Å². The van der Waals surface area contributed by atoms with Crippen LogP contribution in [0.5, 0.6) is 0 Å². The van der Waals surface area contributed by atoms with E-state index in [1.165, 1.54) is 11.3 Å². The first kappa shape index (κ1) is 22.6. The largest absolute Gasteiger partial charge is 0.395 e. The normalized spacial score (nSPS) is 17.5. The van der Waals surface area contributed by atoms with Gasteiger partial charge >= 0.3 is 0 Å². The van der Waals surface area contributed by atoms with Crippen LogP contribution >= 0.6 is 0 Å². The number of aromatic nitrogens is 1. The quantitative estimate of drug-likeness (QED) is 0.539. The maximum Gasteiger partial charge on any atom is 0.209 e. The summed E-state index contributed by atoms with van der Waals surface area (Å²) in [6, 6.07) is 12.6. The highest BCUT2D eigenvalue weighted by Gasteiger charge is 2.40. The highest BCUT2D eigenvalue weighted by molar-refractivity contribution is 6.15. The van der Waals surface area contributed by atoms with Crippen LogP contribution in [0.4, 0.5) is 5.69 Å². The summed E-state index contributed by atoms with van der Waals surface area (Å²) in [6.45, 7) is 9.27. The van der Waals surface area contributed by atoms with Crippen molar-refractivity contribution in [3.63, 3.8) is 0 Å². The summed E-state index contributed by atoms with van der Waals surface area (Å²) in [5, 5.41) is 22.9. The Hall–Kier alpha value is -3.14. The van der Waals surface area contributed by atoms with Gasteiger partial charge in [0, 0.05) is 53.2 Å². The van der Waals surface area contributed by atoms with E-state index in [0.29, 0.717) is 23.8 Å². The minimum Gasteiger partial charge on any atom is -0.395 e. The minimum atomic E-state index is -0.354. The first-order valence-corrected chi connectivity index (χ1v) is 12.3. The average molecular weight is 457 g/mol. The molecule has 1 aliphatic carbocycles. The van der Waals surface area contributed by atoms with E-state index in [0.717, 1.165) is 59.9 Å². The van der Waals surface area contributed by atoms with Gasteiger partial charge in [-0.05, 0) is 60.2 Å². The molecule has 3 aromatic rings. The maximum absolute atomic E-state index is 13.7. The number of aliphatic hydroxyl groups is 1. The van der Waals surface area contributed by atoms with Gasteiger partial charge in [-0.2, -0.15) is 5.26 Å². The Bertz CT molecular complexity index is 1310. The standard InChI is InChI=1S/C28H32N4O2/c1-4-18-14-21-22(15-24(18)32-10-7-19(8-11-32)30-9-12-33)28(2,3)25-20-6-5-17(16-29)13-23(20)31-26(25)27(21)34/h5-6,13-15,19,30-31,33H,4,7-12H2,1-3H3. The zero-order chi connectivity index (χ0) is 24.0. The van der Waals surface area contributed by atoms with E-state index in [1.807, 2.05) is 18.2 Å². The summed E-state index contributed by atoms with van der Waals surface area (Å²) in [5.41, 5.74) is 7.03. The third-order valence-corrected chi connectivity index (χ3v) is 7.68. The molecule has 0 amide bonds. The molecule has 0 unspecified atom stereocenters. The number of nitriles is 1. The fourth-order valence-electron chi connectivity index (χ4n) is 5.86. The summed E-state index contributed by atoms with van der Waals surface area (Å²) in [5.74, 6) is 0.0344. The number of piperidine rings is 1. The molecule has 5 rings (SSSR count). The van der Waals surface area contributed by atoms with Crippen molar-refractivity contribution in [3.05, 3.63) is 63.8 Å². The van der Waals surface area contributed by atoms with Crippen molar-refractivity contribution >= 4 is 22.4 Å². The number of anilines is 1. The molecule has 1 saturated heterocycles. The Morgan fingerprint density at radius 3 is 2.68 bits per heavy atom. The van der Waals surface area contributed by atoms with Crippen LogP contribution in [0.2, 0.25) is 0 Å². The molecular weight excluding hydrogens is 424 g/mol. The van der Waals surface area contributed by atoms with Crippen LogP contribution in [0.3, 0.4) is 0 Å². The summed E-state index contributed by atoms with van der Waals surface area (Å²) in [6.07, 6.45) is 2.94. The lowest BCUT2D eigenvalue weighted by Crippen LogP contribution is -2.43. The van der Waals surface area contributed by atoms with Gasteiger partial charge in [-0.1, -0.05) is 26.8 Å². The van der Waals surface area contributed by atoms with Gasteiger partial charge in [0.15, 0.2) is 0 Å². The molecule has 0 radical (unpaired) electrons. The molecule has 6 nitrogen and oxygen atoms in total. The summed E-state index contributed by atoms with van der Waals surface area (Å²) >= 11 is 0. The number of H-pyrrole nitrogens is 1. The number of benzene rings is 2. The number of aryl methyl sites for hydroxylation is 1. The number of aromatic amines is 1. The molecule has 176 valence electrons. The van der Waals surface area contributed by atoms with E-state index in [1.54, 1.807) is 0 Å². The van der Waals surface area contributed by atoms with Crippen LogP contribution < -0.4 is 10.2 Å². The second kappa shape index (κ2) is 8.57. The molecule has 0 spiro atoms. The van der Waals surface area contributed by atoms with Gasteiger partial charge in [0.1, 0.15) is 0 Å². The van der Waals surface area contributed by atoms with Gasteiger partial charge in [-0.25, -0.2) is 0 Å². The Morgan fingerprint density at radius 1 is 1.24 bits per heavy atom. The van der Waals surface area contributed by atoms with Crippen molar-refractivity contribution < 1.29 is 9.90 Å². The van der Waals surface area contributed by atoms with Crippen LogP contribution in [0.15, 0.2) is 30.3 Å². The third-order valence-electron chi connectivity index (χ3n) is 7.68. The second-order valence-corrected chi connectivity index (χ2v) is 10.0. The van der Waals surface area contributed by atoms with E-state index in [4.69, 9.17) is 5.11 Å². The van der Waals surface area contributed by atoms with Gasteiger partial charge in [0.25, 0.3) is 0 Å². The monoisotopic (exact) mass is 456 g/mol. The lowest BCUT2D eigenvalue weighted by atomic mass is 9.69. The number of hydrogen-bond acceptors (Lipinski definition) is 5. The zero-order valence-corrected chi connectivity index (χ0v) is 20.2. The first-order chi connectivity index (χ1) is 16.4. The lowest BCUT2D eigenvalue weighted by Gasteiger charge is -2.38. The van der Waals surface area contributed by atoms with Crippen LogP contribution in [0.25, 0.3) is 10.9 Å². The number of carbonyl (C=O) groups excluding carboxylic acids is 1. The Balaban J connectivity index is 1.57. The molecule has 2 heterocycles. The zero-order valence-electron chi connectivity index (χ0n) is 20.2. The van der Waals surface area contributed by atoms with E-state index in [-0.39, 0.29) is 17.8 Å². The summed E-state index contributed by atoms with van der Waals surface area (Å²) in [7, 11) is 0. The third kappa shape index (κ3) is 3.51. The predicted molar refractivity (Wildman–Crippen MR) is 135 cm³/mol. The summed E-state index contributed by atoms with van der Waals surface area (Å²) < 4.78 is 0. The molecule has 34 heavy (non-hydrogen) atoms. The molecule has 6 heteroatoms. The molecule has 1 aliphatic heterocycles. The molecule has 1 aromatic heterocycles. The molecule has 0 bridgehead atoms. The van der Waals surface area contributed by atoms with Crippen molar-refractivity contribution in [3.8, 4) is 6.07 Å². The summed E-state index contributed by atoms with van der Waals surface area (Å²) in [4.78, 5) is 19.5. The van der Waals surface area contributed by atoms with E-state index < -0.39 is 0 Å². The number of aliphatic hydroxyl groups excluding tert-OH is 1. The number of ketones is 1. The van der Waals surface area contributed by atoms with E-state index in [2.05, 4.69) is 54.2 Å². The SMILES string of the molecule is CCc1cc2c(cc1N1CCC(NCCO)CC1)C(C)(C)c1c([nH]c3cc(C#N)ccc13)C2=O. The molecule has 0 atom stereocenters. The van der Waals surface area contributed by atoms with Gasteiger partial charge in [0.2, 0.25) is 5.78 Å². The fourth-order valence-corrected chi connectivity index (χ4v) is 5.86. The van der Waals surface area contributed by atoms with Gasteiger partial charge < -0.3 is 20.3 Å². The van der Waals surface area contributed by atoms with Crippen molar-refractivity contribution in [1.29, 1.82) is 5.26 Å². The molecule has 2 aromatic carbocycles. The van der Waals surface area contributed by atoms with E-state index >= 15 is 0 Å². The Labute approximate surface area is 200 Å². The van der Waals surface area contributed by atoms with Crippen LogP contribution in [-0.4, -0.2) is 48.2 Å². The number of carbonyl (C=O) groups is 1. The maximum atomic E-state index is 13.7. The lowest BCUT2D eigenvalue weighted by molar-refractivity contribution is 0.102. The highest BCUT2D eigenvalue weighted by Crippen LogP contribution is 2.46. The number of nitrogens with one attached hydrogen (secondary N) is 2. The molecule has 1 fully saturated rings. The van der Waals surface area contributed by atoms with Crippen molar-refractivity contribution in [2.75, 3.05) is 31.1 Å². The molecular formula is C28H32N4O2. The predicted octanol–water partition coefficient (Wildman–Crippen LogP) is 4.02. The van der Waals surface area contributed by atoms with Crippen LogP contribution in [0.1, 0.15) is 71.9 Å². The van der Waals surface area contributed by atoms with Gasteiger partial charge in [-0.3, -0.25) is 4.79 Å². The van der Waals surface area contributed by atoms with Gasteiger partial charge in [-0.15, -0.1) is 0 Å². The number of rotatable bonds is 5. The molecule has 2 aliphatic rings. The molecule has 3 N–H and O–H groups in total. The minimum absolute atomic E-state index is 0.0344. The van der Waals surface area contributed by atoms with Crippen molar-refractivity contribution in [2.45, 2.75) is 51.5 Å². The Kier molecular flexibility index (Phi) is 5.71. The van der Waals surface area contributed by atoms with Crippen molar-refractivity contribution in [1.82, 2.24) is 10.3 Å². The number of fused-ring (bicyclic) bond motifs is 4. The highest BCUT2D eigenvalue weighted by atomic mass is 16.3. The molecule has 0 saturated carbocycles. The fraction of sp³-hybridized carbons (Fsp3) is 0.429. The van der Waals surface area contributed by atoms with Crippen LogP contribution in [-0.2, 0) is 11.8 Å². The van der Waals surface area contributed by atoms with E-state index in [9.17, 15) is 10.1 Å². The number of hydrogen-bond donors (Lipinski definition) is 3. The average Bonchev–Trinajstić information content (AvgIpc) is 3.26. The first-order valence-electron chi connectivity index (χ1n) is 12.3. The second-order valence-electron chi connectivity index (χ2n) is 10.0. The number of nitrogens with zero attached hydrogens (tertiary/aromatic N) is 2. The smallest absolute Gasteiger partial charge is 0.209 e. The topological polar surface area (TPSA) is 92.2 Å². The Morgan fingerprint density at radius 2 is 2.00 bits per heavy atom. The van der Waals surface area contributed by atoms with Crippen LogP contribution in [0, 0.1) is 11.3 Å².